The van der Waals surface area contributed by atoms with Crippen molar-refractivity contribution in [3.05, 3.63) is 30.7 Å². The Hall–Kier alpha value is -1.81. The second-order valence-electron chi connectivity index (χ2n) is 6.24. The Balaban J connectivity index is 1.47. The van der Waals surface area contributed by atoms with E-state index in [0.717, 1.165) is 42.8 Å². The molecular weight excluding hydrogens is 354 g/mol. The molecule has 0 atom stereocenters. The minimum absolute atomic E-state index is 0.0478. The van der Waals surface area contributed by atoms with E-state index in [1.807, 2.05) is 12.1 Å². The number of fused-ring (bicyclic) bond motifs is 1. The van der Waals surface area contributed by atoms with Gasteiger partial charge in [0.15, 0.2) is 0 Å². The van der Waals surface area contributed by atoms with E-state index in [1.165, 1.54) is 7.11 Å². The molecule has 0 spiro atoms. The maximum Gasteiger partial charge on any atom is 0.216 e. The highest BCUT2D eigenvalue weighted by atomic mass is 32.2. The van der Waals surface area contributed by atoms with Crippen LogP contribution in [0.1, 0.15) is 0 Å². The second-order valence-corrected chi connectivity index (χ2v) is 8.33. The van der Waals surface area contributed by atoms with Gasteiger partial charge in [0, 0.05) is 64.2 Å². The molecule has 9 heteroatoms. The Labute approximate surface area is 154 Å². The smallest absolute Gasteiger partial charge is 0.216 e. The van der Waals surface area contributed by atoms with Crippen molar-refractivity contribution in [3.8, 4) is 0 Å². The summed E-state index contributed by atoms with van der Waals surface area (Å²) in [6.07, 6.45) is 5.36. The molecule has 1 saturated heterocycles. The number of aromatic nitrogens is 2. The van der Waals surface area contributed by atoms with Gasteiger partial charge >= 0.3 is 0 Å². The molecule has 0 bridgehead atoms. The minimum atomic E-state index is -3.21. The van der Waals surface area contributed by atoms with Crippen LogP contribution in [0.5, 0.6) is 0 Å². The molecular formula is C17H25N5O3S. The van der Waals surface area contributed by atoms with Crippen molar-refractivity contribution < 1.29 is 13.2 Å². The number of rotatable bonds is 8. The van der Waals surface area contributed by atoms with E-state index in [9.17, 15) is 8.42 Å². The molecule has 1 aliphatic rings. The highest BCUT2D eigenvalue weighted by Gasteiger charge is 2.26. The summed E-state index contributed by atoms with van der Waals surface area (Å²) in [5.74, 6) is 0.0478. The molecule has 1 fully saturated rings. The lowest BCUT2D eigenvalue weighted by Crippen LogP contribution is -2.50. The molecule has 1 N–H and O–H groups in total. The van der Waals surface area contributed by atoms with Gasteiger partial charge in [0.1, 0.15) is 0 Å². The van der Waals surface area contributed by atoms with Crippen LogP contribution in [0.3, 0.4) is 0 Å². The van der Waals surface area contributed by atoms with Gasteiger partial charge in [0.05, 0.1) is 29.8 Å². The molecule has 26 heavy (non-hydrogen) atoms. The van der Waals surface area contributed by atoms with Gasteiger partial charge in [-0.1, -0.05) is 0 Å². The fourth-order valence-electron chi connectivity index (χ4n) is 3.03. The molecule has 2 aromatic heterocycles. The van der Waals surface area contributed by atoms with Crippen LogP contribution in [0.2, 0.25) is 0 Å². The Bertz CT molecular complexity index is 817. The van der Waals surface area contributed by atoms with E-state index < -0.39 is 10.0 Å². The molecule has 8 nitrogen and oxygen atoms in total. The SMILES string of the molecule is COCCS(=O)(=O)N1CCN(CCNc2cncc3cccnc23)CC1. The summed E-state index contributed by atoms with van der Waals surface area (Å²) in [5, 5.41) is 4.40. The van der Waals surface area contributed by atoms with Crippen molar-refractivity contribution in [3.63, 3.8) is 0 Å². The number of piperazine rings is 1. The Morgan fingerprint density at radius 2 is 2.04 bits per heavy atom. The van der Waals surface area contributed by atoms with Gasteiger partial charge < -0.3 is 10.1 Å². The van der Waals surface area contributed by atoms with Gasteiger partial charge in [0.25, 0.3) is 0 Å². The quantitative estimate of drug-likeness (QED) is 0.720. The summed E-state index contributed by atoms with van der Waals surface area (Å²) in [6.45, 7) is 4.37. The number of sulfonamides is 1. The van der Waals surface area contributed by atoms with Crippen LogP contribution in [-0.2, 0) is 14.8 Å². The maximum atomic E-state index is 12.2. The van der Waals surface area contributed by atoms with E-state index in [1.54, 1.807) is 22.9 Å². The van der Waals surface area contributed by atoms with E-state index in [-0.39, 0.29) is 12.4 Å². The fourth-order valence-corrected chi connectivity index (χ4v) is 4.38. The van der Waals surface area contributed by atoms with E-state index in [4.69, 9.17) is 4.74 Å². The monoisotopic (exact) mass is 379 g/mol. The van der Waals surface area contributed by atoms with Crippen LogP contribution < -0.4 is 5.32 Å². The molecule has 0 saturated carbocycles. The standard InChI is InChI=1S/C17H25N5O3S/c1-25-11-12-26(23,24)22-9-7-21(8-10-22)6-5-19-16-14-18-13-15-3-2-4-20-17(15)16/h2-4,13-14,19H,5-12H2,1H3. The number of anilines is 1. The van der Waals surface area contributed by atoms with Crippen molar-refractivity contribution in [1.82, 2.24) is 19.2 Å². The molecule has 3 rings (SSSR count). The van der Waals surface area contributed by atoms with Crippen LogP contribution in [0.15, 0.2) is 30.7 Å². The average molecular weight is 379 g/mol. The zero-order valence-corrected chi connectivity index (χ0v) is 15.8. The third-order valence-corrected chi connectivity index (χ3v) is 6.36. The lowest BCUT2D eigenvalue weighted by atomic mass is 10.2. The van der Waals surface area contributed by atoms with Crippen molar-refractivity contribution in [1.29, 1.82) is 0 Å². The first-order valence-electron chi connectivity index (χ1n) is 8.72. The van der Waals surface area contributed by atoms with Crippen molar-refractivity contribution in [2.45, 2.75) is 0 Å². The largest absolute Gasteiger partial charge is 0.384 e. The van der Waals surface area contributed by atoms with Crippen LogP contribution in [0, 0.1) is 0 Å². The fraction of sp³-hybridized carbons (Fsp3) is 0.529. The summed E-state index contributed by atoms with van der Waals surface area (Å²) in [5.41, 5.74) is 1.83. The molecule has 1 aliphatic heterocycles. The highest BCUT2D eigenvalue weighted by Crippen LogP contribution is 2.18. The molecule has 0 aliphatic carbocycles. The lowest BCUT2D eigenvalue weighted by Gasteiger charge is -2.34. The Kier molecular flexibility index (Phi) is 6.36. The number of pyridine rings is 2. The Morgan fingerprint density at radius 3 is 2.81 bits per heavy atom. The number of ether oxygens (including phenoxy) is 1. The van der Waals surface area contributed by atoms with Crippen LogP contribution in [-0.4, -0.2) is 86.3 Å². The van der Waals surface area contributed by atoms with Gasteiger partial charge in [-0.2, -0.15) is 4.31 Å². The summed E-state index contributed by atoms with van der Waals surface area (Å²) < 4.78 is 30.8. The molecule has 0 amide bonds. The van der Waals surface area contributed by atoms with Gasteiger partial charge in [-0.3, -0.25) is 14.9 Å². The molecule has 2 aromatic rings. The third kappa shape index (κ3) is 4.67. The molecule has 0 aromatic carbocycles. The number of nitrogens with zero attached hydrogens (tertiary/aromatic N) is 4. The van der Waals surface area contributed by atoms with Crippen LogP contribution >= 0.6 is 0 Å². The third-order valence-electron chi connectivity index (χ3n) is 4.52. The number of nitrogens with one attached hydrogen (secondary N) is 1. The number of hydrogen-bond acceptors (Lipinski definition) is 7. The molecule has 3 heterocycles. The zero-order chi connectivity index (χ0) is 18.4. The van der Waals surface area contributed by atoms with E-state index >= 15 is 0 Å². The second kappa shape index (κ2) is 8.72. The van der Waals surface area contributed by atoms with Crippen molar-refractivity contribution >= 4 is 26.6 Å². The first-order valence-corrected chi connectivity index (χ1v) is 10.3. The molecule has 142 valence electrons. The first kappa shape index (κ1) is 19.0. The van der Waals surface area contributed by atoms with Gasteiger partial charge in [-0.25, -0.2) is 8.42 Å². The zero-order valence-electron chi connectivity index (χ0n) is 15.0. The topological polar surface area (TPSA) is 87.7 Å². The highest BCUT2D eigenvalue weighted by molar-refractivity contribution is 7.89. The van der Waals surface area contributed by atoms with Crippen LogP contribution in [0.4, 0.5) is 5.69 Å². The van der Waals surface area contributed by atoms with Crippen LogP contribution in [0.25, 0.3) is 10.9 Å². The summed E-state index contributed by atoms with van der Waals surface area (Å²) >= 11 is 0. The summed E-state index contributed by atoms with van der Waals surface area (Å²) in [4.78, 5) is 10.9. The minimum Gasteiger partial charge on any atom is -0.384 e. The average Bonchev–Trinajstić information content (AvgIpc) is 2.67. The molecule has 0 unspecified atom stereocenters. The first-order chi connectivity index (χ1) is 12.6. The van der Waals surface area contributed by atoms with E-state index in [2.05, 4.69) is 20.2 Å². The van der Waals surface area contributed by atoms with E-state index in [0.29, 0.717) is 13.1 Å². The predicted octanol–water partition coefficient (Wildman–Crippen LogP) is 0.636. The predicted molar refractivity (Wildman–Crippen MR) is 102 cm³/mol. The number of hydrogen-bond donors (Lipinski definition) is 1. The van der Waals surface area contributed by atoms with Crippen molar-refractivity contribution in [2.75, 3.05) is 64.1 Å². The normalized spacial score (nSPS) is 16.8. The summed E-state index contributed by atoms with van der Waals surface area (Å²) in [6, 6.07) is 3.89. The molecule has 0 radical (unpaired) electrons. The number of methoxy groups -OCH3 is 1. The maximum absolute atomic E-state index is 12.2. The van der Waals surface area contributed by atoms with Gasteiger partial charge in [-0.05, 0) is 12.1 Å². The van der Waals surface area contributed by atoms with Crippen molar-refractivity contribution in [2.24, 2.45) is 0 Å². The van der Waals surface area contributed by atoms with Gasteiger partial charge in [0.2, 0.25) is 10.0 Å². The lowest BCUT2D eigenvalue weighted by molar-refractivity contribution is 0.189. The van der Waals surface area contributed by atoms with Gasteiger partial charge in [-0.15, -0.1) is 0 Å². The Morgan fingerprint density at radius 1 is 1.23 bits per heavy atom. The summed E-state index contributed by atoms with van der Waals surface area (Å²) in [7, 11) is -1.69.